The molecule has 328 valence electrons. The molecule has 0 aliphatic carbocycles. The lowest BCUT2D eigenvalue weighted by Gasteiger charge is -2.34. The third-order valence-corrected chi connectivity index (χ3v) is 17.7. The van der Waals surface area contributed by atoms with Gasteiger partial charge in [0.15, 0.2) is 10.3 Å². The Morgan fingerprint density at radius 1 is 0.532 bits per heavy atom. The van der Waals surface area contributed by atoms with Crippen molar-refractivity contribution in [2.45, 2.75) is 50.3 Å². The van der Waals surface area contributed by atoms with Gasteiger partial charge in [-0.15, -0.1) is 22.7 Å². The number of piperazine rings is 2. The standard InChI is InChI=1S/C23H26FN3O2S2.C21H20Cl2FN3O2S2/c1-16-4-6-19(12-18(16)3)13-21-15-30-23(25-21)26-8-10-27(11-9-26)31(28,29)22-14-20(24)7-5-17(22)2;1-14-2-4-16(24)12-20(14)31(28,29)27-8-6-26(7-9-27)21-25-17(13-30-21)10-15-3-5-18(22)19(23)11-15/h4-7,12,14-15H,8-11,13H2,1-3H3;2-5,11-13H,6-10H2,1H3. The van der Waals surface area contributed by atoms with Gasteiger partial charge in [-0.1, -0.05) is 59.6 Å². The van der Waals surface area contributed by atoms with Crippen LogP contribution in [0.3, 0.4) is 0 Å². The van der Waals surface area contributed by atoms with Crippen molar-refractivity contribution in [2.24, 2.45) is 0 Å². The normalized spacial score (nSPS) is 15.4. The Labute approximate surface area is 380 Å². The van der Waals surface area contributed by atoms with Crippen LogP contribution in [0.1, 0.15) is 44.8 Å². The minimum absolute atomic E-state index is 0.0270. The van der Waals surface area contributed by atoms with Crippen molar-refractivity contribution in [3.8, 4) is 0 Å². The quantitative estimate of drug-likeness (QED) is 0.134. The number of sulfonamides is 2. The third-order valence-electron chi connectivity index (χ3n) is 11.0. The molecule has 2 saturated heterocycles. The van der Waals surface area contributed by atoms with E-state index in [4.69, 9.17) is 33.2 Å². The molecule has 0 amide bonds. The van der Waals surface area contributed by atoms with Crippen LogP contribution >= 0.6 is 45.9 Å². The molecule has 0 unspecified atom stereocenters. The highest BCUT2D eigenvalue weighted by atomic mass is 35.5. The molecule has 10 nitrogen and oxygen atoms in total. The molecule has 2 aliphatic heterocycles. The molecule has 4 heterocycles. The van der Waals surface area contributed by atoms with Gasteiger partial charge in [-0.25, -0.2) is 35.6 Å². The fraction of sp³-hybridized carbons (Fsp3) is 0.318. The summed E-state index contributed by atoms with van der Waals surface area (Å²) >= 11 is 15.2. The lowest BCUT2D eigenvalue weighted by atomic mass is 10.0. The van der Waals surface area contributed by atoms with Crippen molar-refractivity contribution >= 4 is 76.2 Å². The Balaban J connectivity index is 0.000000186. The molecule has 2 aromatic heterocycles. The van der Waals surface area contributed by atoms with E-state index in [1.54, 1.807) is 31.3 Å². The largest absolute Gasteiger partial charge is 0.345 e. The molecule has 8 rings (SSSR count). The lowest BCUT2D eigenvalue weighted by Crippen LogP contribution is -2.48. The highest BCUT2D eigenvalue weighted by Gasteiger charge is 2.32. The SMILES string of the molecule is Cc1ccc(Cc2csc(N3CCN(S(=O)(=O)c4cc(F)ccc4C)CC3)n2)cc1C.Cc1ccc(F)cc1S(=O)(=O)N1CCN(c2nc(Cc3ccc(Cl)c(Cl)c3)cs2)CC1. The van der Waals surface area contributed by atoms with E-state index < -0.39 is 31.7 Å². The van der Waals surface area contributed by atoms with Gasteiger partial charge in [0, 0.05) is 76.0 Å². The van der Waals surface area contributed by atoms with Crippen molar-refractivity contribution in [1.29, 1.82) is 0 Å². The van der Waals surface area contributed by atoms with E-state index >= 15 is 0 Å². The van der Waals surface area contributed by atoms with Crippen LogP contribution in [0, 0.1) is 39.3 Å². The van der Waals surface area contributed by atoms with Crippen LogP contribution in [-0.2, 0) is 32.9 Å². The van der Waals surface area contributed by atoms with Gasteiger partial charge in [0.25, 0.3) is 0 Å². The summed E-state index contributed by atoms with van der Waals surface area (Å²) in [6.07, 6.45) is 1.42. The maximum Gasteiger partial charge on any atom is 0.243 e. The highest BCUT2D eigenvalue weighted by molar-refractivity contribution is 7.89. The number of aryl methyl sites for hydroxylation is 4. The zero-order valence-electron chi connectivity index (χ0n) is 34.6. The van der Waals surface area contributed by atoms with Gasteiger partial charge in [-0.3, -0.25) is 0 Å². The number of anilines is 2. The van der Waals surface area contributed by atoms with Gasteiger partial charge in [-0.2, -0.15) is 8.61 Å². The second-order valence-corrected chi connectivity index (χ2v) is 21.7. The number of aromatic nitrogens is 2. The van der Waals surface area contributed by atoms with E-state index in [1.165, 1.54) is 60.9 Å². The zero-order chi connectivity index (χ0) is 44.3. The van der Waals surface area contributed by atoms with E-state index in [1.807, 2.05) is 17.5 Å². The monoisotopic (exact) mass is 958 g/mol. The zero-order valence-corrected chi connectivity index (χ0v) is 39.4. The molecule has 18 heteroatoms. The molecule has 62 heavy (non-hydrogen) atoms. The van der Waals surface area contributed by atoms with Crippen LogP contribution < -0.4 is 9.80 Å². The first-order chi connectivity index (χ1) is 29.5. The number of rotatable bonds is 10. The second-order valence-electron chi connectivity index (χ2n) is 15.4. The maximum atomic E-state index is 13.6. The summed E-state index contributed by atoms with van der Waals surface area (Å²) in [6, 6.07) is 19.7. The van der Waals surface area contributed by atoms with Gasteiger partial charge in [0.1, 0.15) is 11.6 Å². The van der Waals surface area contributed by atoms with E-state index in [2.05, 4.69) is 47.2 Å². The number of benzene rings is 4. The first-order valence-electron chi connectivity index (χ1n) is 19.9. The third kappa shape index (κ3) is 10.7. The van der Waals surface area contributed by atoms with Crippen LogP contribution in [0.5, 0.6) is 0 Å². The smallest absolute Gasteiger partial charge is 0.243 e. The molecule has 2 fully saturated rings. The molecule has 0 atom stereocenters. The molecule has 0 bridgehead atoms. The van der Waals surface area contributed by atoms with E-state index in [0.717, 1.165) is 45.8 Å². The van der Waals surface area contributed by atoms with Gasteiger partial charge >= 0.3 is 0 Å². The molecule has 0 N–H and O–H groups in total. The Morgan fingerprint density at radius 3 is 1.39 bits per heavy atom. The maximum absolute atomic E-state index is 13.6. The Bertz CT molecular complexity index is 2600. The van der Waals surface area contributed by atoms with Crippen molar-refractivity contribution in [3.05, 3.63) is 150 Å². The summed E-state index contributed by atoms with van der Waals surface area (Å²) in [5.74, 6) is -1.10. The Kier molecular flexibility index (Phi) is 14.4. The average Bonchev–Trinajstić information content (AvgIpc) is 3.93. The summed E-state index contributed by atoms with van der Waals surface area (Å²) in [7, 11) is -7.45. The van der Waals surface area contributed by atoms with Crippen molar-refractivity contribution in [1.82, 2.24) is 18.6 Å². The summed E-state index contributed by atoms with van der Waals surface area (Å²) in [4.78, 5) is 13.8. The summed E-state index contributed by atoms with van der Waals surface area (Å²) in [5, 5.41) is 6.87. The van der Waals surface area contributed by atoms with E-state index in [0.29, 0.717) is 80.0 Å². The van der Waals surface area contributed by atoms with Crippen molar-refractivity contribution in [3.63, 3.8) is 0 Å². The molecular weight excluding hydrogens is 914 g/mol. The minimum atomic E-state index is -3.74. The molecule has 2 aliphatic rings. The van der Waals surface area contributed by atoms with Gasteiger partial charge in [0.05, 0.1) is 31.2 Å². The molecule has 4 aromatic carbocycles. The minimum Gasteiger partial charge on any atom is -0.345 e. The van der Waals surface area contributed by atoms with E-state index in [-0.39, 0.29) is 9.79 Å². The molecule has 0 radical (unpaired) electrons. The Morgan fingerprint density at radius 2 is 0.952 bits per heavy atom. The number of hydrogen-bond acceptors (Lipinski definition) is 10. The molecule has 0 spiro atoms. The van der Waals surface area contributed by atoms with Crippen molar-refractivity contribution in [2.75, 3.05) is 62.2 Å². The average molecular weight is 960 g/mol. The number of nitrogens with zero attached hydrogens (tertiary/aromatic N) is 6. The predicted octanol–water partition coefficient (Wildman–Crippen LogP) is 9.31. The van der Waals surface area contributed by atoms with Crippen LogP contribution in [0.25, 0.3) is 0 Å². The first-order valence-corrected chi connectivity index (χ1v) is 25.3. The van der Waals surface area contributed by atoms with Crippen LogP contribution in [0.15, 0.2) is 93.3 Å². The molecule has 6 aromatic rings. The molecular formula is C44H46Cl2F2N6O4S4. The fourth-order valence-electron chi connectivity index (χ4n) is 7.25. The van der Waals surface area contributed by atoms with Gasteiger partial charge < -0.3 is 9.80 Å². The molecule has 0 saturated carbocycles. The number of halogens is 4. The van der Waals surface area contributed by atoms with Gasteiger partial charge in [-0.05, 0) is 97.5 Å². The fourth-order valence-corrected chi connectivity index (χ4v) is 12.6. The van der Waals surface area contributed by atoms with Crippen LogP contribution in [0.2, 0.25) is 10.0 Å². The topological polar surface area (TPSA) is 107 Å². The van der Waals surface area contributed by atoms with Crippen LogP contribution in [-0.4, -0.2) is 87.8 Å². The van der Waals surface area contributed by atoms with Crippen LogP contribution in [0.4, 0.5) is 19.0 Å². The number of hydrogen-bond donors (Lipinski definition) is 0. The summed E-state index contributed by atoms with van der Waals surface area (Å²) in [6.45, 7) is 11.1. The first kappa shape index (κ1) is 46.0. The van der Waals surface area contributed by atoms with Gasteiger partial charge in [0.2, 0.25) is 20.0 Å². The second kappa shape index (κ2) is 19.4. The van der Waals surface area contributed by atoms with Crippen molar-refractivity contribution < 1.29 is 25.6 Å². The summed E-state index contributed by atoms with van der Waals surface area (Å²) in [5.41, 5.74) is 7.85. The predicted molar refractivity (Wildman–Crippen MR) is 246 cm³/mol. The Hall–Kier alpha value is -4.00. The summed E-state index contributed by atoms with van der Waals surface area (Å²) < 4.78 is 82.0. The lowest BCUT2D eigenvalue weighted by molar-refractivity contribution is 0.384. The highest BCUT2D eigenvalue weighted by Crippen LogP contribution is 2.30. The van der Waals surface area contributed by atoms with E-state index in [9.17, 15) is 25.6 Å². The number of thiazole rings is 2.